The Morgan fingerprint density at radius 3 is 2.26 bits per heavy atom. The number of halogens is 4. The van der Waals surface area contributed by atoms with E-state index in [2.05, 4.69) is 21.2 Å². The van der Waals surface area contributed by atoms with Crippen LogP contribution in [0.3, 0.4) is 0 Å². The summed E-state index contributed by atoms with van der Waals surface area (Å²) < 4.78 is 39.2. The lowest BCUT2D eigenvalue weighted by Gasteiger charge is -2.28. The quantitative estimate of drug-likeness (QED) is 0.835. The summed E-state index contributed by atoms with van der Waals surface area (Å²) in [4.78, 5) is 0. The topological polar surface area (TPSA) is 38.0 Å². The molecule has 19 heavy (non-hydrogen) atoms. The Balaban J connectivity index is 2.96. The highest BCUT2D eigenvalue weighted by Crippen LogP contribution is 2.36. The van der Waals surface area contributed by atoms with E-state index in [-0.39, 0.29) is 5.69 Å². The third-order valence-corrected chi connectivity index (χ3v) is 3.82. The normalized spacial score (nSPS) is 12.6. The molecule has 0 amide bonds. The van der Waals surface area contributed by atoms with E-state index < -0.39 is 17.3 Å². The van der Waals surface area contributed by atoms with Crippen LogP contribution in [-0.2, 0) is 6.18 Å². The summed E-state index contributed by atoms with van der Waals surface area (Å²) in [7, 11) is 0. The number of anilines is 1. The summed E-state index contributed by atoms with van der Waals surface area (Å²) >= 11 is 3.05. The molecule has 0 saturated heterocycles. The lowest BCUT2D eigenvalue weighted by atomic mass is 9.94. The lowest BCUT2D eigenvalue weighted by molar-refractivity contribution is -0.137. The van der Waals surface area contributed by atoms with Gasteiger partial charge in [0.1, 0.15) is 0 Å². The van der Waals surface area contributed by atoms with Crippen LogP contribution in [0.15, 0.2) is 22.7 Å². The Hall–Kier alpha value is -0.750. The highest BCUT2D eigenvalue weighted by atomic mass is 79.9. The van der Waals surface area contributed by atoms with Crippen molar-refractivity contribution in [3.05, 3.63) is 28.2 Å². The minimum atomic E-state index is -4.39. The molecular weight excluding hydrogens is 321 g/mol. The maximum absolute atomic E-state index is 12.9. The van der Waals surface area contributed by atoms with Gasteiger partial charge in [-0.15, -0.1) is 0 Å². The fourth-order valence-corrected chi connectivity index (χ4v) is 2.04. The van der Waals surface area contributed by atoms with Gasteiger partial charge in [-0.1, -0.05) is 29.8 Å². The van der Waals surface area contributed by atoms with Crippen molar-refractivity contribution in [1.82, 2.24) is 0 Å². The van der Waals surface area contributed by atoms with Crippen LogP contribution in [0.25, 0.3) is 0 Å². The second-order valence-electron chi connectivity index (χ2n) is 4.61. The standard InChI is InChI=1S/C13H18BrF3N2/c1-3-12(18,4-2)8-19-11-6-5-9(14)7-10(11)13(15,16)17/h5-7,19H,3-4,8,18H2,1-2H3. The van der Waals surface area contributed by atoms with E-state index in [0.717, 1.165) is 6.07 Å². The summed E-state index contributed by atoms with van der Waals surface area (Å²) in [6.45, 7) is 4.17. The zero-order valence-corrected chi connectivity index (χ0v) is 12.5. The third kappa shape index (κ3) is 4.38. The Morgan fingerprint density at radius 2 is 1.79 bits per heavy atom. The van der Waals surface area contributed by atoms with Crippen LogP contribution in [0.5, 0.6) is 0 Å². The van der Waals surface area contributed by atoms with E-state index in [0.29, 0.717) is 23.9 Å². The summed E-state index contributed by atoms with van der Waals surface area (Å²) in [5.41, 5.74) is 4.97. The molecule has 0 aliphatic heterocycles. The van der Waals surface area contributed by atoms with Crippen molar-refractivity contribution >= 4 is 21.6 Å². The highest BCUT2D eigenvalue weighted by Gasteiger charge is 2.34. The van der Waals surface area contributed by atoms with Crippen LogP contribution < -0.4 is 11.1 Å². The first-order chi connectivity index (χ1) is 8.72. The number of rotatable bonds is 5. The van der Waals surface area contributed by atoms with Crippen molar-refractivity contribution in [1.29, 1.82) is 0 Å². The highest BCUT2D eigenvalue weighted by molar-refractivity contribution is 9.10. The molecule has 108 valence electrons. The molecule has 0 atom stereocenters. The number of nitrogens with two attached hydrogens (primary N) is 1. The lowest BCUT2D eigenvalue weighted by Crippen LogP contribution is -2.45. The SMILES string of the molecule is CCC(N)(CC)CNc1ccc(Br)cc1C(F)(F)F. The van der Waals surface area contributed by atoms with Gasteiger partial charge in [0.05, 0.1) is 5.56 Å². The molecule has 0 fully saturated rings. The number of hydrogen-bond donors (Lipinski definition) is 2. The summed E-state index contributed by atoms with van der Waals surface area (Å²) in [5.74, 6) is 0. The van der Waals surface area contributed by atoms with Crippen LogP contribution >= 0.6 is 15.9 Å². The van der Waals surface area contributed by atoms with Crippen LogP contribution in [0, 0.1) is 0 Å². The van der Waals surface area contributed by atoms with E-state index in [4.69, 9.17) is 5.73 Å². The van der Waals surface area contributed by atoms with Gasteiger partial charge in [-0.2, -0.15) is 13.2 Å². The van der Waals surface area contributed by atoms with Crippen molar-refractivity contribution in [3.63, 3.8) is 0 Å². The molecule has 0 unspecified atom stereocenters. The van der Waals surface area contributed by atoms with Crippen molar-refractivity contribution in [3.8, 4) is 0 Å². The molecule has 0 heterocycles. The minimum absolute atomic E-state index is 0.0624. The molecule has 0 radical (unpaired) electrons. The van der Waals surface area contributed by atoms with E-state index in [1.807, 2.05) is 13.8 Å². The molecule has 1 rings (SSSR count). The van der Waals surface area contributed by atoms with Crippen LogP contribution in [0.2, 0.25) is 0 Å². The maximum atomic E-state index is 12.9. The number of nitrogens with one attached hydrogen (secondary N) is 1. The molecule has 0 aliphatic carbocycles. The Labute approximate surface area is 119 Å². The minimum Gasteiger partial charge on any atom is -0.383 e. The molecule has 3 N–H and O–H groups in total. The number of alkyl halides is 3. The maximum Gasteiger partial charge on any atom is 0.418 e. The van der Waals surface area contributed by atoms with Crippen LogP contribution in [0.1, 0.15) is 32.3 Å². The van der Waals surface area contributed by atoms with Crippen LogP contribution in [0.4, 0.5) is 18.9 Å². The van der Waals surface area contributed by atoms with E-state index in [1.54, 1.807) is 6.07 Å². The Bertz CT molecular complexity index is 428. The molecule has 0 aliphatic rings. The van der Waals surface area contributed by atoms with Gasteiger partial charge >= 0.3 is 6.18 Å². The average Bonchev–Trinajstić information content (AvgIpc) is 2.36. The number of hydrogen-bond acceptors (Lipinski definition) is 2. The van der Waals surface area contributed by atoms with E-state index in [1.165, 1.54) is 6.07 Å². The molecule has 0 spiro atoms. The van der Waals surface area contributed by atoms with Crippen molar-refractivity contribution in [2.45, 2.75) is 38.4 Å². The van der Waals surface area contributed by atoms with Crippen molar-refractivity contribution < 1.29 is 13.2 Å². The molecule has 0 bridgehead atoms. The third-order valence-electron chi connectivity index (χ3n) is 3.33. The largest absolute Gasteiger partial charge is 0.418 e. The zero-order chi connectivity index (χ0) is 14.7. The molecule has 1 aromatic carbocycles. The molecule has 2 nitrogen and oxygen atoms in total. The van der Waals surface area contributed by atoms with Gasteiger partial charge in [0.2, 0.25) is 0 Å². The van der Waals surface area contributed by atoms with Gasteiger partial charge in [-0.25, -0.2) is 0 Å². The molecule has 0 aromatic heterocycles. The molecular formula is C13H18BrF3N2. The Kier molecular flexibility index (Phi) is 5.26. The second-order valence-corrected chi connectivity index (χ2v) is 5.53. The van der Waals surface area contributed by atoms with Gasteiger partial charge < -0.3 is 11.1 Å². The molecule has 1 aromatic rings. The van der Waals surface area contributed by atoms with Gasteiger partial charge in [0.25, 0.3) is 0 Å². The van der Waals surface area contributed by atoms with E-state index in [9.17, 15) is 13.2 Å². The van der Waals surface area contributed by atoms with E-state index >= 15 is 0 Å². The smallest absolute Gasteiger partial charge is 0.383 e. The predicted molar refractivity (Wildman–Crippen MR) is 75.1 cm³/mol. The average molecular weight is 339 g/mol. The summed E-state index contributed by atoms with van der Waals surface area (Å²) in [6.07, 6.45) is -2.98. The summed E-state index contributed by atoms with van der Waals surface area (Å²) in [5, 5.41) is 2.82. The molecule has 0 saturated carbocycles. The predicted octanol–water partition coefficient (Wildman–Crippen LogP) is 4.40. The molecule has 6 heteroatoms. The zero-order valence-electron chi connectivity index (χ0n) is 10.9. The second kappa shape index (κ2) is 6.13. The monoisotopic (exact) mass is 338 g/mol. The first kappa shape index (κ1) is 16.3. The van der Waals surface area contributed by atoms with Gasteiger partial charge in [-0.3, -0.25) is 0 Å². The van der Waals surface area contributed by atoms with Crippen LogP contribution in [-0.4, -0.2) is 12.1 Å². The van der Waals surface area contributed by atoms with Crippen molar-refractivity contribution in [2.75, 3.05) is 11.9 Å². The van der Waals surface area contributed by atoms with Gasteiger partial charge in [-0.05, 0) is 31.0 Å². The fraction of sp³-hybridized carbons (Fsp3) is 0.538. The fourth-order valence-electron chi connectivity index (χ4n) is 1.68. The summed E-state index contributed by atoms with van der Waals surface area (Å²) in [6, 6.07) is 4.06. The first-order valence-electron chi connectivity index (χ1n) is 6.11. The first-order valence-corrected chi connectivity index (χ1v) is 6.90. The Morgan fingerprint density at radius 1 is 1.21 bits per heavy atom. The number of benzene rings is 1. The van der Waals surface area contributed by atoms with Crippen molar-refractivity contribution in [2.24, 2.45) is 5.73 Å². The van der Waals surface area contributed by atoms with Gasteiger partial charge in [0.15, 0.2) is 0 Å². The van der Waals surface area contributed by atoms with Gasteiger partial charge in [0, 0.05) is 22.2 Å².